The summed E-state index contributed by atoms with van der Waals surface area (Å²) in [6, 6.07) is 6.09. The maximum Gasteiger partial charge on any atom is 0.147 e. The van der Waals surface area contributed by atoms with E-state index >= 15 is 0 Å². The number of benzene rings is 1. The van der Waals surface area contributed by atoms with Crippen LogP contribution in [0.3, 0.4) is 0 Å². The van der Waals surface area contributed by atoms with Crippen LogP contribution in [0.2, 0.25) is 0 Å². The molecule has 1 heterocycles. The Labute approximate surface area is 129 Å². The van der Waals surface area contributed by atoms with E-state index in [4.69, 9.17) is 9.15 Å². The van der Waals surface area contributed by atoms with Gasteiger partial charge < -0.3 is 14.5 Å². The molecule has 0 aliphatic heterocycles. The summed E-state index contributed by atoms with van der Waals surface area (Å²) in [5.74, 6) is 0.848. The summed E-state index contributed by atoms with van der Waals surface area (Å²) in [5, 5.41) is 3.37. The van der Waals surface area contributed by atoms with Crippen LogP contribution >= 0.6 is 31.9 Å². The van der Waals surface area contributed by atoms with Crippen molar-refractivity contribution >= 4 is 31.9 Å². The van der Waals surface area contributed by atoms with E-state index in [2.05, 4.69) is 49.3 Å². The van der Waals surface area contributed by atoms with E-state index in [0.29, 0.717) is 6.61 Å². The predicted molar refractivity (Wildman–Crippen MR) is 82.3 cm³/mol. The van der Waals surface area contributed by atoms with Crippen LogP contribution in [-0.4, -0.2) is 6.61 Å². The van der Waals surface area contributed by atoms with Crippen molar-refractivity contribution in [3.05, 3.63) is 50.8 Å². The third kappa shape index (κ3) is 4.09. The Morgan fingerprint density at radius 1 is 1.16 bits per heavy atom. The van der Waals surface area contributed by atoms with Crippen molar-refractivity contribution in [2.75, 3.05) is 6.61 Å². The van der Waals surface area contributed by atoms with Crippen LogP contribution in [0.25, 0.3) is 0 Å². The first-order valence-corrected chi connectivity index (χ1v) is 7.61. The lowest BCUT2D eigenvalue weighted by atomic mass is 10.2. The Hall–Kier alpha value is -0.780. The fourth-order valence-electron chi connectivity index (χ4n) is 1.74. The molecule has 1 aromatic carbocycles. The molecule has 0 unspecified atom stereocenters. The number of halogens is 2. The summed E-state index contributed by atoms with van der Waals surface area (Å²) in [7, 11) is 0. The Morgan fingerprint density at radius 3 is 2.42 bits per heavy atom. The molecule has 2 rings (SSSR count). The first-order chi connectivity index (χ1) is 9.20. The van der Waals surface area contributed by atoms with E-state index in [9.17, 15) is 0 Å². The van der Waals surface area contributed by atoms with Crippen molar-refractivity contribution < 1.29 is 9.15 Å². The van der Waals surface area contributed by atoms with Gasteiger partial charge in [-0.25, -0.2) is 0 Å². The van der Waals surface area contributed by atoms with Gasteiger partial charge in [-0.15, -0.1) is 0 Å². The lowest BCUT2D eigenvalue weighted by molar-refractivity contribution is 0.336. The molecule has 1 N–H and O–H groups in total. The van der Waals surface area contributed by atoms with Crippen LogP contribution in [0, 0.1) is 0 Å². The molecule has 2 aromatic rings. The molecular weight excluding hydrogens is 374 g/mol. The highest BCUT2D eigenvalue weighted by Crippen LogP contribution is 2.34. The zero-order chi connectivity index (χ0) is 13.7. The second kappa shape index (κ2) is 7.12. The van der Waals surface area contributed by atoms with Gasteiger partial charge in [0.25, 0.3) is 0 Å². The van der Waals surface area contributed by atoms with Crippen molar-refractivity contribution in [1.29, 1.82) is 0 Å². The molecule has 0 aliphatic rings. The standard InChI is InChI=1S/C14H15Br2NO2/c1-2-19-14-12(15)5-11(6-13(14)16)8-17-7-10-3-4-18-9-10/h3-6,9,17H,2,7-8H2,1H3. The zero-order valence-electron chi connectivity index (χ0n) is 10.6. The van der Waals surface area contributed by atoms with Crippen LogP contribution in [0.1, 0.15) is 18.1 Å². The minimum atomic E-state index is 0.648. The molecule has 0 radical (unpaired) electrons. The van der Waals surface area contributed by atoms with Gasteiger partial charge in [0.05, 0.1) is 28.1 Å². The quantitative estimate of drug-likeness (QED) is 0.791. The Kier molecular flexibility index (Phi) is 5.48. The van der Waals surface area contributed by atoms with Gasteiger partial charge >= 0.3 is 0 Å². The molecule has 5 heteroatoms. The molecule has 0 amide bonds. The molecule has 0 fully saturated rings. The third-order valence-corrected chi connectivity index (χ3v) is 3.76. The summed E-state index contributed by atoms with van der Waals surface area (Å²) in [6.45, 7) is 4.20. The van der Waals surface area contributed by atoms with Crippen LogP contribution < -0.4 is 10.1 Å². The van der Waals surface area contributed by atoms with E-state index in [0.717, 1.165) is 33.3 Å². The fourth-order valence-corrected chi connectivity index (χ4v) is 3.25. The van der Waals surface area contributed by atoms with Gasteiger partial charge in [0.15, 0.2) is 0 Å². The minimum absolute atomic E-state index is 0.648. The average Bonchev–Trinajstić information content (AvgIpc) is 2.87. The molecule has 102 valence electrons. The highest BCUT2D eigenvalue weighted by Gasteiger charge is 2.08. The number of ether oxygens (including phenoxy) is 1. The SMILES string of the molecule is CCOc1c(Br)cc(CNCc2ccoc2)cc1Br. The summed E-state index contributed by atoms with van der Waals surface area (Å²) in [6.07, 6.45) is 3.43. The number of furan rings is 1. The van der Waals surface area contributed by atoms with Crippen molar-refractivity contribution in [2.45, 2.75) is 20.0 Å². The van der Waals surface area contributed by atoms with Crippen LogP contribution in [0.4, 0.5) is 0 Å². The molecule has 0 bridgehead atoms. The Bertz CT molecular complexity index is 503. The lowest BCUT2D eigenvalue weighted by Gasteiger charge is -2.11. The first kappa shape index (κ1) is 14.6. The highest BCUT2D eigenvalue weighted by atomic mass is 79.9. The van der Waals surface area contributed by atoms with Gasteiger partial charge in [0, 0.05) is 18.7 Å². The van der Waals surface area contributed by atoms with Crippen molar-refractivity contribution in [2.24, 2.45) is 0 Å². The Balaban J connectivity index is 1.97. The topological polar surface area (TPSA) is 34.4 Å². The zero-order valence-corrected chi connectivity index (χ0v) is 13.8. The minimum Gasteiger partial charge on any atom is -0.492 e. The molecule has 0 aliphatic carbocycles. The molecule has 1 aromatic heterocycles. The summed E-state index contributed by atoms with van der Waals surface area (Å²) in [4.78, 5) is 0. The first-order valence-electron chi connectivity index (χ1n) is 6.03. The van der Waals surface area contributed by atoms with Crippen molar-refractivity contribution in [3.63, 3.8) is 0 Å². The highest BCUT2D eigenvalue weighted by molar-refractivity contribution is 9.11. The van der Waals surface area contributed by atoms with E-state index < -0.39 is 0 Å². The molecule has 3 nitrogen and oxygen atoms in total. The summed E-state index contributed by atoms with van der Waals surface area (Å²) >= 11 is 7.06. The van der Waals surface area contributed by atoms with E-state index in [1.54, 1.807) is 12.5 Å². The average molecular weight is 389 g/mol. The monoisotopic (exact) mass is 387 g/mol. The van der Waals surface area contributed by atoms with Gasteiger partial charge in [-0.2, -0.15) is 0 Å². The smallest absolute Gasteiger partial charge is 0.147 e. The lowest BCUT2D eigenvalue weighted by Crippen LogP contribution is -2.12. The van der Waals surface area contributed by atoms with Gasteiger partial charge in [-0.05, 0) is 62.5 Å². The summed E-state index contributed by atoms with van der Waals surface area (Å²) in [5.41, 5.74) is 2.33. The van der Waals surface area contributed by atoms with E-state index in [1.165, 1.54) is 5.56 Å². The molecule has 0 saturated carbocycles. The molecule has 0 atom stereocenters. The fraction of sp³-hybridized carbons (Fsp3) is 0.286. The van der Waals surface area contributed by atoms with Crippen molar-refractivity contribution in [3.8, 4) is 5.75 Å². The van der Waals surface area contributed by atoms with Crippen LogP contribution in [0.15, 0.2) is 44.1 Å². The number of nitrogens with one attached hydrogen (secondary N) is 1. The van der Waals surface area contributed by atoms with Gasteiger partial charge in [-0.3, -0.25) is 0 Å². The van der Waals surface area contributed by atoms with E-state index in [1.807, 2.05) is 13.0 Å². The van der Waals surface area contributed by atoms with Gasteiger partial charge in [-0.1, -0.05) is 0 Å². The molecule has 0 spiro atoms. The largest absolute Gasteiger partial charge is 0.492 e. The van der Waals surface area contributed by atoms with Gasteiger partial charge in [0.1, 0.15) is 5.75 Å². The molecular formula is C14H15Br2NO2. The van der Waals surface area contributed by atoms with Crippen molar-refractivity contribution in [1.82, 2.24) is 5.32 Å². The second-order valence-electron chi connectivity index (χ2n) is 4.06. The molecule has 19 heavy (non-hydrogen) atoms. The second-order valence-corrected chi connectivity index (χ2v) is 5.77. The van der Waals surface area contributed by atoms with E-state index in [-0.39, 0.29) is 0 Å². The summed E-state index contributed by atoms with van der Waals surface area (Å²) < 4.78 is 12.5. The Morgan fingerprint density at radius 2 is 1.84 bits per heavy atom. The number of hydrogen-bond donors (Lipinski definition) is 1. The number of hydrogen-bond acceptors (Lipinski definition) is 3. The molecule has 0 saturated heterocycles. The van der Waals surface area contributed by atoms with Gasteiger partial charge in [0.2, 0.25) is 0 Å². The maximum atomic E-state index is 5.56. The third-order valence-electron chi connectivity index (χ3n) is 2.59. The predicted octanol–water partition coefficient (Wildman–Crippen LogP) is 4.49. The van der Waals surface area contributed by atoms with Crippen LogP contribution in [-0.2, 0) is 13.1 Å². The van der Waals surface area contributed by atoms with Crippen LogP contribution in [0.5, 0.6) is 5.75 Å². The number of rotatable bonds is 6. The normalized spacial score (nSPS) is 10.7. The maximum absolute atomic E-state index is 5.56.